The quantitative estimate of drug-likeness (QED) is 0.814. The van der Waals surface area contributed by atoms with E-state index >= 15 is 0 Å². The van der Waals surface area contributed by atoms with Crippen molar-refractivity contribution in [2.45, 2.75) is 20.3 Å². The summed E-state index contributed by atoms with van der Waals surface area (Å²) in [5.74, 6) is 0.111. The summed E-state index contributed by atoms with van der Waals surface area (Å²) in [5, 5.41) is 9.59. The lowest BCUT2D eigenvalue weighted by Gasteiger charge is -2.21. The van der Waals surface area contributed by atoms with E-state index in [4.69, 9.17) is 5.73 Å². The lowest BCUT2D eigenvalue weighted by Crippen LogP contribution is -2.33. The van der Waals surface area contributed by atoms with Crippen molar-refractivity contribution in [2.24, 2.45) is 5.73 Å². The van der Waals surface area contributed by atoms with Crippen molar-refractivity contribution in [1.82, 2.24) is 4.90 Å². The molecule has 0 fully saturated rings. The number of phenolic OH excluding ortho intramolecular Hbond substituents is 1. The van der Waals surface area contributed by atoms with Crippen LogP contribution in [-0.4, -0.2) is 35.5 Å². The van der Waals surface area contributed by atoms with Gasteiger partial charge in [0.2, 0.25) is 0 Å². The number of rotatable bonds is 5. The minimum atomic E-state index is -0.0469. The molecule has 0 unspecified atom stereocenters. The van der Waals surface area contributed by atoms with Gasteiger partial charge in [-0.1, -0.05) is 6.07 Å². The van der Waals surface area contributed by atoms with E-state index in [1.807, 2.05) is 6.92 Å². The van der Waals surface area contributed by atoms with E-state index in [2.05, 4.69) is 0 Å². The molecule has 0 radical (unpaired) electrons. The minimum absolute atomic E-state index is 0.0469. The highest BCUT2D eigenvalue weighted by molar-refractivity contribution is 5.96. The van der Waals surface area contributed by atoms with E-state index in [1.54, 1.807) is 30.0 Å². The van der Waals surface area contributed by atoms with Crippen LogP contribution in [0.15, 0.2) is 18.2 Å². The second kappa shape index (κ2) is 6.25. The number of aromatic hydroxyl groups is 1. The highest BCUT2D eigenvalue weighted by Gasteiger charge is 2.16. The van der Waals surface area contributed by atoms with E-state index < -0.39 is 0 Å². The zero-order valence-corrected chi connectivity index (χ0v) is 10.4. The van der Waals surface area contributed by atoms with Gasteiger partial charge in [-0.15, -0.1) is 0 Å². The molecule has 0 saturated carbocycles. The number of carbonyl (C=O) groups is 1. The monoisotopic (exact) mass is 236 g/mol. The number of hydrogen-bond donors (Lipinski definition) is 2. The van der Waals surface area contributed by atoms with Crippen LogP contribution in [0.3, 0.4) is 0 Å². The van der Waals surface area contributed by atoms with Gasteiger partial charge in [-0.2, -0.15) is 0 Å². The summed E-state index contributed by atoms with van der Waals surface area (Å²) in [6.07, 6.45) is 0.789. The molecule has 0 heterocycles. The lowest BCUT2D eigenvalue weighted by atomic mass is 10.1. The molecule has 1 rings (SSSR count). The molecule has 1 aromatic carbocycles. The third-order valence-electron chi connectivity index (χ3n) is 2.84. The van der Waals surface area contributed by atoms with E-state index in [0.717, 1.165) is 6.42 Å². The first kappa shape index (κ1) is 13.5. The normalized spacial score (nSPS) is 10.3. The smallest absolute Gasteiger partial charge is 0.254 e. The van der Waals surface area contributed by atoms with Crippen LogP contribution >= 0.6 is 0 Å². The van der Waals surface area contributed by atoms with Gasteiger partial charge in [-0.05, 0) is 38.9 Å². The fraction of sp³-hybridized carbons (Fsp3) is 0.462. The Hall–Kier alpha value is -1.55. The summed E-state index contributed by atoms with van der Waals surface area (Å²) in [4.78, 5) is 14.0. The molecule has 0 aliphatic heterocycles. The highest BCUT2D eigenvalue weighted by atomic mass is 16.3. The Balaban J connectivity index is 2.90. The molecule has 94 valence electrons. The van der Waals surface area contributed by atoms with E-state index in [9.17, 15) is 9.90 Å². The van der Waals surface area contributed by atoms with E-state index in [1.165, 1.54) is 0 Å². The van der Waals surface area contributed by atoms with Crippen molar-refractivity contribution < 1.29 is 9.90 Å². The van der Waals surface area contributed by atoms with Crippen LogP contribution in [0.5, 0.6) is 5.75 Å². The van der Waals surface area contributed by atoms with Crippen molar-refractivity contribution in [3.8, 4) is 5.75 Å². The standard InChI is InChI=1S/C13H20N2O2/c1-3-15(9-5-8-14)13(17)11-6-4-7-12(16)10(11)2/h4,6-7,16H,3,5,8-9,14H2,1-2H3. The van der Waals surface area contributed by atoms with Crippen LogP contribution < -0.4 is 5.73 Å². The average Bonchev–Trinajstić information content (AvgIpc) is 2.33. The number of phenols is 1. The maximum atomic E-state index is 12.2. The molecule has 1 aromatic rings. The predicted octanol–water partition coefficient (Wildman–Crippen LogP) is 1.51. The molecule has 0 aromatic heterocycles. The summed E-state index contributed by atoms with van der Waals surface area (Å²) in [6, 6.07) is 5.01. The molecule has 4 nitrogen and oxygen atoms in total. The first-order chi connectivity index (χ1) is 8.11. The van der Waals surface area contributed by atoms with Crippen LogP contribution in [0.1, 0.15) is 29.3 Å². The third kappa shape index (κ3) is 3.20. The van der Waals surface area contributed by atoms with Crippen LogP contribution in [-0.2, 0) is 0 Å². The summed E-state index contributed by atoms with van der Waals surface area (Å²) in [5.41, 5.74) is 6.63. The molecule has 0 atom stereocenters. The molecule has 0 aliphatic rings. The second-order valence-electron chi connectivity index (χ2n) is 3.98. The van der Waals surface area contributed by atoms with Crippen molar-refractivity contribution in [1.29, 1.82) is 0 Å². The first-order valence-electron chi connectivity index (χ1n) is 5.89. The predicted molar refractivity (Wildman–Crippen MR) is 68.1 cm³/mol. The zero-order chi connectivity index (χ0) is 12.8. The van der Waals surface area contributed by atoms with Gasteiger partial charge < -0.3 is 15.7 Å². The number of benzene rings is 1. The van der Waals surface area contributed by atoms with Crippen molar-refractivity contribution in [3.63, 3.8) is 0 Å². The first-order valence-corrected chi connectivity index (χ1v) is 5.89. The fourth-order valence-corrected chi connectivity index (χ4v) is 1.71. The molecule has 0 spiro atoms. The highest BCUT2D eigenvalue weighted by Crippen LogP contribution is 2.20. The number of nitrogens with zero attached hydrogens (tertiary/aromatic N) is 1. The van der Waals surface area contributed by atoms with Crippen LogP contribution in [0.2, 0.25) is 0 Å². The average molecular weight is 236 g/mol. The molecule has 4 heteroatoms. The second-order valence-corrected chi connectivity index (χ2v) is 3.98. The van der Waals surface area contributed by atoms with Gasteiger partial charge in [-0.3, -0.25) is 4.79 Å². The van der Waals surface area contributed by atoms with Crippen molar-refractivity contribution in [3.05, 3.63) is 29.3 Å². The van der Waals surface area contributed by atoms with Crippen molar-refractivity contribution in [2.75, 3.05) is 19.6 Å². The van der Waals surface area contributed by atoms with Gasteiger partial charge in [0.1, 0.15) is 5.75 Å². The number of amides is 1. The minimum Gasteiger partial charge on any atom is -0.508 e. The Kier molecular flexibility index (Phi) is 4.97. The summed E-state index contributed by atoms with van der Waals surface area (Å²) < 4.78 is 0. The molecule has 0 saturated heterocycles. The lowest BCUT2D eigenvalue weighted by molar-refractivity contribution is 0.0762. The van der Waals surface area contributed by atoms with Gasteiger partial charge >= 0.3 is 0 Å². The Morgan fingerprint density at radius 3 is 2.76 bits per heavy atom. The van der Waals surface area contributed by atoms with E-state index in [0.29, 0.717) is 30.8 Å². The van der Waals surface area contributed by atoms with E-state index in [-0.39, 0.29) is 11.7 Å². The molecular formula is C13H20N2O2. The largest absolute Gasteiger partial charge is 0.508 e. The molecule has 0 bridgehead atoms. The molecule has 17 heavy (non-hydrogen) atoms. The Labute approximate surface area is 102 Å². The number of hydrogen-bond acceptors (Lipinski definition) is 3. The third-order valence-corrected chi connectivity index (χ3v) is 2.84. The topological polar surface area (TPSA) is 66.6 Å². The summed E-state index contributed by atoms with van der Waals surface area (Å²) in [6.45, 7) is 5.56. The SMILES string of the molecule is CCN(CCCN)C(=O)c1cccc(O)c1C. The molecule has 0 aliphatic carbocycles. The number of nitrogens with two attached hydrogens (primary N) is 1. The fourth-order valence-electron chi connectivity index (χ4n) is 1.71. The summed E-state index contributed by atoms with van der Waals surface area (Å²) in [7, 11) is 0. The van der Waals surface area contributed by atoms with Crippen molar-refractivity contribution >= 4 is 5.91 Å². The van der Waals surface area contributed by atoms with Gasteiger partial charge in [0.05, 0.1) is 0 Å². The van der Waals surface area contributed by atoms with Gasteiger partial charge in [-0.25, -0.2) is 0 Å². The maximum Gasteiger partial charge on any atom is 0.254 e. The Morgan fingerprint density at radius 2 is 2.18 bits per heavy atom. The van der Waals surface area contributed by atoms with Gasteiger partial charge in [0.25, 0.3) is 5.91 Å². The summed E-state index contributed by atoms with van der Waals surface area (Å²) >= 11 is 0. The Morgan fingerprint density at radius 1 is 1.47 bits per heavy atom. The zero-order valence-electron chi connectivity index (χ0n) is 10.4. The maximum absolute atomic E-state index is 12.2. The van der Waals surface area contributed by atoms with Crippen LogP contribution in [0.4, 0.5) is 0 Å². The van der Waals surface area contributed by atoms with Gasteiger partial charge in [0.15, 0.2) is 0 Å². The Bertz CT molecular complexity index is 391. The number of carbonyl (C=O) groups excluding carboxylic acids is 1. The molecular weight excluding hydrogens is 216 g/mol. The van der Waals surface area contributed by atoms with Gasteiger partial charge in [0, 0.05) is 24.2 Å². The van der Waals surface area contributed by atoms with Crippen LogP contribution in [0, 0.1) is 6.92 Å². The molecule has 1 amide bonds. The van der Waals surface area contributed by atoms with Crippen LogP contribution in [0.25, 0.3) is 0 Å². The molecule has 3 N–H and O–H groups in total.